The van der Waals surface area contributed by atoms with E-state index in [9.17, 15) is 13.2 Å². The van der Waals surface area contributed by atoms with Crippen molar-refractivity contribution in [3.05, 3.63) is 156 Å². The maximum atomic E-state index is 13.4. The lowest BCUT2D eigenvalue weighted by atomic mass is 10.00. The zero-order valence-corrected chi connectivity index (χ0v) is 24.1. The van der Waals surface area contributed by atoms with Gasteiger partial charge in [-0.05, 0) is 59.2 Å². The molecule has 0 bridgehead atoms. The first-order valence-electron chi connectivity index (χ1n) is 13.9. The summed E-state index contributed by atoms with van der Waals surface area (Å²) < 4.78 is 29.1. The number of hydrogen-bond donors (Lipinski definition) is 4. The van der Waals surface area contributed by atoms with Gasteiger partial charge in [0.05, 0.1) is 16.2 Å². The van der Waals surface area contributed by atoms with E-state index < -0.39 is 10.0 Å². The Labute approximate surface area is 251 Å². The zero-order chi connectivity index (χ0) is 29.6. The fourth-order valence-electron chi connectivity index (χ4n) is 4.96. The van der Waals surface area contributed by atoms with Crippen LogP contribution in [0.5, 0.6) is 0 Å². The van der Waals surface area contributed by atoms with Gasteiger partial charge in [-0.3, -0.25) is 9.52 Å². The largest absolute Gasteiger partial charge is 0.354 e. The van der Waals surface area contributed by atoms with Gasteiger partial charge in [-0.15, -0.1) is 0 Å². The van der Waals surface area contributed by atoms with E-state index in [2.05, 4.69) is 32.8 Å². The van der Waals surface area contributed by atoms with Crippen LogP contribution in [0.25, 0.3) is 11.3 Å². The van der Waals surface area contributed by atoms with E-state index in [-0.39, 0.29) is 10.8 Å². The van der Waals surface area contributed by atoms with Gasteiger partial charge in [-0.2, -0.15) is 0 Å². The Morgan fingerprint density at radius 1 is 0.651 bits per heavy atom. The van der Waals surface area contributed by atoms with E-state index in [0.29, 0.717) is 34.8 Å². The Bertz CT molecular complexity index is 1880. The maximum Gasteiger partial charge on any atom is 0.261 e. The molecule has 0 spiro atoms. The number of carbonyl (C=O) groups is 1. The van der Waals surface area contributed by atoms with Crippen LogP contribution in [0.1, 0.15) is 22.3 Å². The van der Waals surface area contributed by atoms with Crippen molar-refractivity contribution in [1.29, 1.82) is 0 Å². The molecule has 43 heavy (non-hydrogen) atoms. The molecule has 0 saturated heterocycles. The third kappa shape index (κ3) is 6.51. The van der Waals surface area contributed by atoms with Crippen LogP contribution < -0.4 is 20.7 Å². The summed E-state index contributed by atoms with van der Waals surface area (Å²) >= 11 is 0. The molecule has 7 nitrogen and oxygen atoms in total. The predicted molar refractivity (Wildman–Crippen MR) is 173 cm³/mol. The highest BCUT2D eigenvalue weighted by atomic mass is 32.2. The van der Waals surface area contributed by atoms with Gasteiger partial charge in [-0.25, -0.2) is 8.42 Å². The number of para-hydroxylation sites is 1. The standard InChI is InChI=1S/C35H30N4O3S/c40-35-33(31-22-30(20-21-32(31)38-35)43(41,42)39-29-14-8-3-9-15-29)34(27-12-6-2-7-13-27)37-28-18-16-26(17-19-28)24-36-23-25-10-4-1-5-11-25/h1-22,36-37,39H,23-24H2,(H,38,40)/b34-33-. The Balaban J connectivity index is 1.30. The van der Waals surface area contributed by atoms with Gasteiger partial charge in [0.15, 0.2) is 0 Å². The molecule has 1 aliphatic rings. The van der Waals surface area contributed by atoms with Crippen LogP contribution in [0, 0.1) is 0 Å². The van der Waals surface area contributed by atoms with E-state index in [1.165, 1.54) is 11.6 Å². The number of anilines is 3. The molecule has 8 heteroatoms. The summed E-state index contributed by atoms with van der Waals surface area (Å²) in [6.07, 6.45) is 0. The van der Waals surface area contributed by atoms with Crippen LogP contribution in [-0.4, -0.2) is 14.3 Å². The van der Waals surface area contributed by atoms with Crippen molar-refractivity contribution < 1.29 is 13.2 Å². The van der Waals surface area contributed by atoms with Gasteiger partial charge in [0, 0.05) is 35.7 Å². The van der Waals surface area contributed by atoms with Gasteiger partial charge >= 0.3 is 0 Å². The van der Waals surface area contributed by atoms with E-state index in [0.717, 1.165) is 23.4 Å². The fraction of sp³-hybridized carbons (Fsp3) is 0.0571. The molecule has 0 fully saturated rings. The Kier molecular flexibility index (Phi) is 8.04. The van der Waals surface area contributed by atoms with Crippen molar-refractivity contribution in [3.8, 4) is 0 Å². The van der Waals surface area contributed by atoms with Crippen molar-refractivity contribution in [3.63, 3.8) is 0 Å². The summed E-state index contributed by atoms with van der Waals surface area (Å²) in [6.45, 7) is 1.49. The minimum Gasteiger partial charge on any atom is -0.354 e. The molecule has 214 valence electrons. The van der Waals surface area contributed by atoms with Crippen LogP contribution in [0.2, 0.25) is 0 Å². The van der Waals surface area contributed by atoms with Crippen LogP contribution >= 0.6 is 0 Å². The smallest absolute Gasteiger partial charge is 0.261 e. The second kappa shape index (κ2) is 12.4. The lowest BCUT2D eigenvalue weighted by Crippen LogP contribution is -2.13. The molecular formula is C35H30N4O3S. The summed E-state index contributed by atoms with van der Waals surface area (Å²) in [5, 5.41) is 9.81. The van der Waals surface area contributed by atoms with Crippen LogP contribution in [0.15, 0.2) is 138 Å². The molecule has 1 heterocycles. The molecule has 1 amide bonds. The molecule has 0 atom stereocenters. The van der Waals surface area contributed by atoms with Gasteiger partial charge in [0.2, 0.25) is 0 Å². The summed E-state index contributed by atoms with van der Waals surface area (Å²) in [6, 6.07) is 41.2. The van der Waals surface area contributed by atoms with Crippen LogP contribution in [-0.2, 0) is 27.9 Å². The molecular weight excluding hydrogens is 556 g/mol. The highest BCUT2D eigenvalue weighted by molar-refractivity contribution is 7.92. The van der Waals surface area contributed by atoms with E-state index in [4.69, 9.17) is 0 Å². The van der Waals surface area contributed by atoms with E-state index >= 15 is 0 Å². The van der Waals surface area contributed by atoms with Crippen LogP contribution in [0.4, 0.5) is 17.1 Å². The van der Waals surface area contributed by atoms with Gasteiger partial charge < -0.3 is 16.0 Å². The molecule has 5 aromatic carbocycles. The van der Waals surface area contributed by atoms with Crippen molar-refractivity contribution in [2.75, 3.05) is 15.4 Å². The fourth-order valence-corrected chi connectivity index (χ4v) is 6.05. The van der Waals surface area contributed by atoms with Gasteiger partial charge in [0.25, 0.3) is 15.9 Å². The summed E-state index contributed by atoms with van der Waals surface area (Å²) in [5.41, 5.74) is 6.41. The second-order valence-corrected chi connectivity index (χ2v) is 11.8. The van der Waals surface area contributed by atoms with Crippen molar-refractivity contribution in [2.24, 2.45) is 0 Å². The minimum atomic E-state index is -3.89. The number of amides is 1. The third-order valence-corrected chi connectivity index (χ3v) is 8.49. The first kappa shape index (κ1) is 28.0. The third-order valence-electron chi connectivity index (χ3n) is 7.11. The molecule has 0 aromatic heterocycles. The quantitative estimate of drug-likeness (QED) is 0.136. The average molecular weight is 587 g/mol. The highest BCUT2D eigenvalue weighted by Gasteiger charge is 2.30. The van der Waals surface area contributed by atoms with Crippen molar-refractivity contribution in [2.45, 2.75) is 18.0 Å². The highest BCUT2D eigenvalue weighted by Crippen LogP contribution is 2.39. The molecule has 0 saturated carbocycles. The van der Waals surface area contributed by atoms with Crippen molar-refractivity contribution in [1.82, 2.24) is 5.32 Å². The predicted octanol–water partition coefficient (Wildman–Crippen LogP) is 6.71. The molecule has 1 aliphatic heterocycles. The van der Waals surface area contributed by atoms with Crippen LogP contribution in [0.3, 0.4) is 0 Å². The molecule has 0 aliphatic carbocycles. The number of benzene rings is 5. The Hall–Kier alpha value is -5.18. The second-order valence-electron chi connectivity index (χ2n) is 10.2. The monoisotopic (exact) mass is 586 g/mol. The first-order chi connectivity index (χ1) is 21.0. The minimum absolute atomic E-state index is 0.0591. The molecule has 6 rings (SSSR count). The lowest BCUT2D eigenvalue weighted by molar-refractivity contribution is -0.110. The molecule has 0 unspecified atom stereocenters. The Morgan fingerprint density at radius 2 is 1.26 bits per heavy atom. The maximum absolute atomic E-state index is 13.4. The first-order valence-corrected chi connectivity index (χ1v) is 15.4. The molecule has 5 aromatic rings. The van der Waals surface area contributed by atoms with Crippen molar-refractivity contribution >= 4 is 44.3 Å². The lowest BCUT2D eigenvalue weighted by Gasteiger charge is -2.16. The van der Waals surface area contributed by atoms with E-state index in [1.54, 1.807) is 36.4 Å². The summed E-state index contributed by atoms with van der Waals surface area (Å²) in [7, 11) is -3.89. The average Bonchev–Trinajstić information content (AvgIpc) is 3.36. The number of sulfonamides is 1. The van der Waals surface area contributed by atoms with Gasteiger partial charge in [-0.1, -0.05) is 91.0 Å². The number of carbonyl (C=O) groups excluding carboxylic acids is 1. The topological polar surface area (TPSA) is 99.3 Å². The zero-order valence-electron chi connectivity index (χ0n) is 23.2. The summed E-state index contributed by atoms with van der Waals surface area (Å²) in [5.74, 6) is -0.311. The normalized spacial score (nSPS) is 13.6. The number of hydrogen-bond acceptors (Lipinski definition) is 5. The van der Waals surface area contributed by atoms with Gasteiger partial charge in [0.1, 0.15) is 0 Å². The molecule has 4 N–H and O–H groups in total. The molecule has 0 radical (unpaired) electrons. The SMILES string of the molecule is O=C1Nc2ccc(S(=O)(=O)Nc3ccccc3)cc2/C1=C(/Nc1ccc(CNCc2ccccc2)cc1)c1ccccc1. The number of rotatable bonds is 10. The Morgan fingerprint density at radius 3 is 1.93 bits per heavy atom. The number of fused-ring (bicyclic) bond motifs is 1. The number of nitrogens with one attached hydrogen (secondary N) is 4. The summed E-state index contributed by atoms with van der Waals surface area (Å²) in [4.78, 5) is 13.5. The van der Waals surface area contributed by atoms with E-state index in [1.807, 2.05) is 78.9 Å².